The Bertz CT molecular complexity index is 1300. The molecule has 0 spiro atoms. The van der Waals surface area contributed by atoms with Crippen LogP contribution in [0.2, 0.25) is 0 Å². The largest absolute Gasteiger partial charge is 0.462 e. The van der Waals surface area contributed by atoms with E-state index >= 15 is 0 Å². The van der Waals surface area contributed by atoms with E-state index in [0.29, 0.717) is 19.3 Å². The number of esters is 3. The predicted molar refractivity (Wildman–Crippen MR) is 325 cm³/mol. The third-order valence-corrected chi connectivity index (χ3v) is 14.8. The zero-order chi connectivity index (χ0) is 54.3. The molecule has 0 N–H and O–H groups in total. The maximum Gasteiger partial charge on any atom is 0.306 e. The second kappa shape index (κ2) is 63.9. The highest BCUT2D eigenvalue weighted by Gasteiger charge is 2.19. The molecular formula is C69H126O6. The predicted octanol–water partition coefficient (Wildman–Crippen LogP) is 22.6. The van der Waals surface area contributed by atoms with Crippen molar-refractivity contribution in [3.63, 3.8) is 0 Å². The van der Waals surface area contributed by atoms with Gasteiger partial charge in [-0.3, -0.25) is 14.4 Å². The van der Waals surface area contributed by atoms with Gasteiger partial charge in [0.05, 0.1) is 0 Å². The molecule has 0 aliphatic carbocycles. The molecule has 6 heteroatoms. The summed E-state index contributed by atoms with van der Waals surface area (Å²) in [6.45, 7) is 6.56. The van der Waals surface area contributed by atoms with Crippen molar-refractivity contribution in [3.8, 4) is 0 Å². The van der Waals surface area contributed by atoms with Crippen molar-refractivity contribution in [2.24, 2.45) is 0 Å². The van der Waals surface area contributed by atoms with Gasteiger partial charge in [0.1, 0.15) is 13.2 Å². The van der Waals surface area contributed by atoms with Crippen LogP contribution in [0.4, 0.5) is 0 Å². The highest BCUT2D eigenvalue weighted by molar-refractivity contribution is 5.71. The van der Waals surface area contributed by atoms with Crippen molar-refractivity contribution in [2.75, 3.05) is 13.2 Å². The molecule has 0 aromatic carbocycles. The summed E-state index contributed by atoms with van der Waals surface area (Å²) in [6.07, 6.45) is 80.0. The van der Waals surface area contributed by atoms with Gasteiger partial charge in [0.15, 0.2) is 6.10 Å². The normalized spacial score (nSPS) is 12.3. The number of ether oxygens (including phenoxy) is 3. The zero-order valence-electron chi connectivity index (χ0n) is 50.3. The SMILES string of the molecule is CC/C=C\C/C=C\C/C=C\CCCCCC(=O)OCC(COC(=O)CCCCCCCCCCCCCCCCC/C=C\CCCCCCCCCC)OC(=O)CCCCCCCCCCCCCCCCCCC. The summed E-state index contributed by atoms with van der Waals surface area (Å²) in [5, 5.41) is 0. The minimum atomic E-state index is -0.783. The minimum absolute atomic E-state index is 0.0782. The molecule has 0 aromatic rings. The fraction of sp³-hybridized carbons (Fsp3) is 0.841. The van der Waals surface area contributed by atoms with Gasteiger partial charge in [-0.1, -0.05) is 307 Å². The lowest BCUT2D eigenvalue weighted by molar-refractivity contribution is -0.167. The van der Waals surface area contributed by atoms with Crippen LogP contribution in [0.25, 0.3) is 0 Å². The third kappa shape index (κ3) is 62.1. The molecule has 0 saturated heterocycles. The Morgan fingerprint density at radius 1 is 0.280 bits per heavy atom. The van der Waals surface area contributed by atoms with Crippen molar-refractivity contribution < 1.29 is 28.6 Å². The van der Waals surface area contributed by atoms with E-state index in [1.54, 1.807) is 0 Å². The van der Waals surface area contributed by atoms with E-state index in [-0.39, 0.29) is 31.1 Å². The van der Waals surface area contributed by atoms with Crippen molar-refractivity contribution in [1.82, 2.24) is 0 Å². The molecule has 1 unspecified atom stereocenters. The topological polar surface area (TPSA) is 78.9 Å². The first-order valence-electron chi connectivity index (χ1n) is 33.1. The fourth-order valence-electron chi connectivity index (χ4n) is 9.87. The third-order valence-electron chi connectivity index (χ3n) is 14.8. The molecule has 0 aliphatic heterocycles. The Morgan fingerprint density at radius 2 is 0.520 bits per heavy atom. The molecule has 0 radical (unpaired) electrons. The van der Waals surface area contributed by atoms with Gasteiger partial charge in [0.25, 0.3) is 0 Å². The van der Waals surface area contributed by atoms with E-state index in [2.05, 4.69) is 69.4 Å². The zero-order valence-corrected chi connectivity index (χ0v) is 50.3. The van der Waals surface area contributed by atoms with Crippen molar-refractivity contribution in [3.05, 3.63) is 48.6 Å². The standard InChI is InChI=1S/C69H126O6/c1-4-7-10-13-16-19-22-25-27-29-30-31-32-33-34-35-36-37-38-40-41-44-47-50-53-56-59-62-68(71)74-65-66(64-73-67(70)61-58-55-52-49-46-43-24-21-18-15-12-9-6-3)75-69(72)63-60-57-54-51-48-45-42-39-28-26-23-20-17-14-11-8-5-2/h9,12,18,21,29-30,43,46,66H,4-8,10-11,13-17,19-20,22-28,31-42,44-45,47-65H2,1-3H3/b12-9-,21-18-,30-29-,46-43-. The van der Waals surface area contributed by atoms with Crippen LogP contribution in [0, 0.1) is 0 Å². The quantitative estimate of drug-likeness (QED) is 0.0261. The number of rotatable bonds is 61. The monoisotopic (exact) mass is 1050 g/mol. The van der Waals surface area contributed by atoms with Crippen LogP contribution in [-0.4, -0.2) is 37.2 Å². The molecule has 6 nitrogen and oxygen atoms in total. The van der Waals surface area contributed by atoms with Crippen LogP contribution >= 0.6 is 0 Å². The minimum Gasteiger partial charge on any atom is -0.462 e. The van der Waals surface area contributed by atoms with E-state index in [4.69, 9.17) is 14.2 Å². The maximum atomic E-state index is 12.9. The average molecular weight is 1050 g/mol. The molecule has 0 aromatic heterocycles. The Balaban J connectivity index is 4.22. The van der Waals surface area contributed by atoms with Gasteiger partial charge in [-0.25, -0.2) is 0 Å². The lowest BCUT2D eigenvalue weighted by Gasteiger charge is -2.18. The smallest absolute Gasteiger partial charge is 0.306 e. The van der Waals surface area contributed by atoms with Crippen molar-refractivity contribution in [2.45, 2.75) is 361 Å². The van der Waals surface area contributed by atoms with Crippen LogP contribution in [0.5, 0.6) is 0 Å². The van der Waals surface area contributed by atoms with Gasteiger partial charge in [-0.2, -0.15) is 0 Å². The first-order chi connectivity index (χ1) is 37.0. The molecule has 0 rings (SSSR count). The van der Waals surface area contributed by atoms with Crippen LogP contribution in [0.3, 0.4) is 0 Å². The van der Waals surface area contributed by atoms with Crippen molar-refractivity contribution >= 4 is 17.9 Å². The molecule has 0 saturated carbocycles. The Labute approximate surface area is 467 Å². The van der Waals surface area contributed by atoms with E-state index in [0.717, 1.165) is 83.5 Å². The van der Waals surface area contributed by atoms with E-state index < -0.39 is 6.10 Å². The molecule has 0 amide bonds. The van der Waals surface area contributed by atoms with E-state index in [1.165, 1.54) is 231 Å². The second-order valence-electron chi connectivity index (χ2n) is 22.4. The molecule has 0 heterocycles. The molecule has 75 heavy (non-hydrogen) atoms. The summed E-state index contributed by atoms with van der Waals surface area (Å²) < 4.78 is 16.9. The molecule has 1 atom stereocenters. The summed E-state index contributed by atoms with van der Waals surface area (Å²) in [7, 11) is 0. The van der Waals surface area contributed by atoms with Crippen LogP contribution in [0.1, 0.15) is 355 Å². The summed E-state index contributed by atoms with van der Waals surface area (Å²) in [5.74, 6) is -0.886. The van der Waals surface area contributed by atoms with Gasteiger partial charge in [0.2, 0.25) is 0 Å². The molecular weight excluding hydrogens is 925 g/mol. The number of carbonyl (C=O) groups is 3. The lowest BCUT2D eigenvalue weighted by atomic mass is 10.0. The van der Waals surface area contributed by atoms with Crippen LogP contribution < -0.4 is 0 Å². The number of hydrogen-bond acceptors (Lipinski definition) is 6. The van der Waals surface area contributed by atoms with Crippen LogP contribution in [0.15, 0.2) is 48.6 Å². The number of allylic oxidation sites excluding steroid dienone is 8. The Kier molecular flexibility index (Phi) is 61.7. The van der Waals surface area contributed by atoms with Gasteiger partial charge < -0.3 is 14.2 Å². The number of unbranched alkanes of at least 4 members (excludes halogenated alkanes) is 42. The Hall–Kier alpha value is -2.63. The molecule has 438 valence electrons. The fourth-order valence-corrected chi connectivity index (χ4v) is 9.87. The van der Waals surface area contributed by atoms with E-state index in [1.807, 2.05) is 0 Å². The lowest BCUT2D eigenvalue weighted by Crippen LogP contribution is -2.30. The molecule has 0 bridgehead atoms. The van der Waals surface area contributed by atoms with Gasteiger partial charge in [-0.05, 0) is 77.0 Å². The van der Waals surface area contributed by atoms with Gasteiger partial charge in [0, 0.05) is 19.3 Å². The van der Waals surface area contributed by atoms with Gasteiger partial charge >= 0.3 is 17.9 Å². The summed E-state index contributed by atoms with van der Waals surface area (Å²) in [6, 6.07) is 0. The summed E-state index contributed by atoms with van der Waals surface area (Å²) >= 11 is 0. The maximum absolute atomic E-state index is 12.9. The summed E-state index contributed by atoms with van der Waals surface area (Å²) in [4.78, 5) is 38.3. The number of carbonyl (C=O) groups excluding carboxylic acids is 3. The average Bonchev–Trinajstić information content (AvgIpc) is 3.41. The van der Waals surface area contributed by atoms with Gasteiger partial charge in [-0.15, -0.1) is 0 Å². The molecule has 0 fully saturated rings. The first kappa shape index (κ1) is 72.4. The first-order valence-corrected chi connectivity index (χ1v) is 33.1. The molecule has 0 aliphatic rings. The van der Waals surface area contributed by atoms with Crippen molar-refractivity contribution in [1.29, 1.82) is 0 Å². The number of hydrogen-bond donors (Lipinski definition) is 0. The second-order valence-corrected chi connectivity index (χ2v) is 22.4. The summed E-state index contributed by atoms with van der Waals surface area (Å²) in [5.41, 5.74) is 0. The highest BCUT2D eigenvalue weighted by atomic mass is 16.6. The van der Waals surface area contributed by atoms with Crippen LogP contribution in [-0.2, 0) is 28.6 Å². The Morgan fingerprint density at radius 3 is 0.840 bits per heavy atom. The van der Waals surface area contributed by atoms with E-state index in [9.17, 15) is 14.4 Å². The highest BCUT2D eigenvalue weighted by Crippen LogP contribution is 2.18.